The van der Waals surface area contributed by atoms with Crippen molar-refractivity contribution in [3.05, 3.63) is 72.0 Å². The summed E-state index contributed by atoms with van der Waals surface area (Å²) >= 11 is 0. The summed E-state index contributed by atoms with van der Waals surface area (Å²) in [6.45, 7) is 2.59. The fourth-order valence-corrected chi connectivity index (χ4v) is 2.50. The molecule has 0 fully saturated rings. The highest BCUT2D eigenvalue weighted by atomic mass is 16.6. The van der Waals surface area contributed by atoms with Crippen molar-refractivity contribution in [2.75, 3.05) is 13.2 Å². The van der Waals surface area contributed by atoms with Gasteiger partial charge in [-0.2, -0.15) is 0 Å². The third-order valence-electron chi connectivity index (χ3n) is 4.08. The highest BCUT2D eigenvalue weighted by Crippen LogP contribution is 2.20. The number of rotatable bonds is 10. The van der Waals surface area contributed by atoms with E-state index < -0.39 is 5.97 Å². The molecule has 0 aliphatic carbocycles. The predicted octanol–water partition coefficient (Wildman–Crippen LogP) is 4.64. The molecule has 0 spiro atoms. The predicted molar refractivity (Wildman–Crippen MR) is 108 cm³/mol. The molecule has 3 rings (SSSR count). The van der Waals surface area contributed by atoms with Gasteiger partial charge < -0.3 is 19.2 Å². The third-order valence-corrected chi connectivity index (χ3v) is 4.08. The summed E-state index contributed by atoms with van der Waals surface area (Å²) in [5.41, 5.74) is 2.17. The van der Waals surface area contributed by atoms with E-state index in [1.165, 1.54) is 12.1 Å². The van der Waals surface area contributed by atoms with E-state index in [-0.39, 0.29) is 12.2 Å². The maximum atomic E-state index is 11.1. The average Bonchev–Trinajstić information content (AvgIpc) is 3.24. The van der Waals surface area contributed by atoms with Crippen molar-refractivity contribution in [3.63, 3.8) is 0 Å². The summed E-state index contributed by atoms with van der Waals surface area (Å²) < 4.78 is 11.2. The van der Waals surface area contributed by atoms with E-state index in [1.807, 2.05) is 30.3 Å². The van der Waals surface area contributed by atoms with E-state index >= 15 is 0 Å². The molecular weight excluding hydrogens is 372 g/mol. The fraction of sp³-hybridized carbons (Fsp3) is 0.227. The number of carbonyl (C=O) groups is 1. The van der Waals surface area contributed by atoms with Crippen LogP contribution in [0.5, 0.6) is 5.75 Å². The number of unbranched alkanes of at least 4 members (excludes halogenated alkanes) is 1. The van der Waals surface area contributed by atoms with Gasteiger partial charge in [-0.1, -0.05) is 60.1 Å². The Balaban J connectivity index is 1.77. The highest BCUT2D eigenvalue weighted by Gasteiger charge is 2.15. The average molecular weight is 394 g/mol. The molecule has 29 heavy (non-hydrogen) atoms. The molecule has 0 amide bonds. The van der Waals surface area contributed by atoms with Crippen LogP contribution in [0.4, 0.5) is 0 Å². The second-order valence-corrected chi connectivity index (χ2v) is 6.29. The summed E-state index contributed by atoms with van der Waals surface area (Å²) in [6.07, 6.45) is 1.87. The van der Waals surface area contributed by atoms with Crippen LogP contribution >= 0.6 is 0 Å². The monoisotopic (exact) mass is 394 g/mol. The van der Waals surface area contributed by atoms with Gasteiger partial charge in [0.05, 0.1) is 5.56 Å². The van der Waals surface area contributed by atoms with Crippen molar-refractivity contribution >= 4 is 11.7 Å². The smallest absolute Gasteiger partial charge is 0.335 e. The number of aromatic carboxylic acids is 1. The highest BCUT2D eigenvalue weighted by molar-refractivity contribution is 5.99. The molecule has 1 aromatic heterocycles. The molecule has 0 unspecified atom stereocenters. The lowest BCUT2D eigenvalue weighted by Gasteiger charge is -2.08. The minimum atomic E-state index is -1.02. The van der Waals surface area contributed by atoms with Crippen molar-refractivity contribution in [2.24, 2.45) is 5.16 Å². The van der Waals surface area contributed by atoms with Crippen LogP contribution in [0.25, 0.3) is 11.3 Å². The largest absolute Gasteiger partial charge is 0.487 e. The van der Waals surface area contributed by atoms with Crippen LogP contribution in [0.3, 0.4) is 0 Å². The number of aromatic nitrogens is 1. The van der Waals surface area contributed by atoms with E-state index in [0.29, 0.717) is 29.5 Å². The molecule has 0 aliphatic rings. The molecule has 0 aliphatic heterocycles. The Morgan fingerprint density at radius 1 is 1.14 bits per heavy atom. The molecule has 3 aromatic rings. The topological polar surface area (TPSA) is 94.2 Å². The molecule has 7 nitrogen and oxygen atoms in total. The molecule has 1 N–H and O–H groups in total. The van der Waals surface area contributed by atoms with Crippen molar-refractivity contribution in [3.8, 4) is 17.0 Å². The van der Waals surface area contributed by atoms with Gasteiger partial charge >= 0.3 is 5.97 Å². The molecule has 0 saturated carbocycles. The van der Waals surface area contributed by atoms with Gasteiger partial charge in [0, 0.05) is 11.6 Å². The number of hydrogen-bond donors (Lipinski definition) is 1. The first-order valence-electron chi connectivity index (χ1n) is 9.35. The van der Waals surface area contributed by atoms with E-state index in [1.54, 1.807) is 18.2 Å². The molecule has 0 bridgehead atoms. The lowest BCUT2D eigenvalue weighted by atomic mass is 10.1. The minimum Gasteiger partial charge on any atom is -0.487 e. The number of benzene rings is 2. The van der Waals surface area contributed by atoms with Crippen LogP contribution in [-0.4, -0.2) is 35.2 Å². The van der Waals surface area contributed by atoms with E-state index in [4.69, 9.17) is 19.2 Å². The molecule has 0 saturated heterocycles. The standard InChI is InChI=1S/C22H22N2O5/c1-2-3-12-28-23-20(15-27-18-11-7-10-17(13-18)22(25)26)21-14-19(24-29-21)16-8-5-4-6-9-16/h4-11,13-14H,2-3,12,15H2,1H3,(H,25,26)/b23-20+. The van der Waals surface area contributed by atoms with Crippen molar-refractivity contribution in [2.45, 2.75) is 19.8 Å². The fourth-order valence-electron chi connectivity index (χ4n) is 2.50. The Kier molecular flexibility index (Phi) is 7.00. The van der Waals surface area contributed by atoms with Crippen molar-refractivity contribution < 1.29 is 24.0 Å². The van der Waals surface area contributed by atoms with Gasteiger partial charge in [0.2, 0.25) is 0 Å². The lowest BCUT2D eigenvalue weighted by Crippen LogP contribution is -2.13. The van der Waals surface area contributed by atoms with Gasteiger partial charge in [0.25, 0.3) is 0 Å². The van der Waals surface area contributed by atoms with Crippen LogP contribution in [0.2, 0.25) is 0 Å². The van der Waals surface area contributed by atoms with Gasteiger partial charge in [-0.25, -0.2) is 4.79 Å². The minimum absolute atomic E-state index is 0.0403. The Hall–Kier alpha value is -3.61. The molecular formula is C22H22N2O5. The van der Waals surface area contributed by atoms with E-state index in [0.717, 1.165) is 18.4 Å². The number of carboxylic acid groups (broad SMARTS) is 1. The Morgan fingerprint density at radius 3 is 2.72 bits per heavy atom. The zero-order valence-corrected chi connectivity index (χ0v) is 16.1. The normalized spacial score (nSPS) is 11.3. The van der Waals surface area contributed by atoms with Crippen LogP contribution in [-0.2, 0) is 4.84 Å². The second-order valence-electron chi connectivity index (χ2n) is 6.29. The first-order valence-corrected chi connectivity index (χ1v) is 9.35. The first kappa shape index (κ1) is 20.1. The summed E-state index contributed by atoms with van der Waals surface area (Å²) in [5.74, 6) is -0.182. The lowest BCUT2D eigenvalue weighted by molar-refractivity contribution is 0.0696. The van der Waals surface area contributed by atoms with Crippen LogP contribution < -0.4 is 4.74 Å². The van der Waals surface area contributed by atoms with Crippen LogP contribution in [0.1, 0.15) is 35.9 Å². The van der Waals surface area contributed by atoms with Gasteiger partial charge in [-0.3, -0.25) is 0 Å². The number of carboxylic acids is 1. The second kappa shape index (κ2) is 10.1. The SMILES string of the molecule is CCCCO/N=C(\COc1cccc(C(=O)O)c1)c1cc(-c2ccccc2)no1. The van der Waals surface area contributed by atoms with E-state index in [9.17, 15) is 4.79 Å². The van der Waals surface area contributed by atoms with Gasteiger partial charge in [0.1, 0.15) is 24.7 Å². The van der Waals surface area contributed by atoms with Gasteiger partial charge in [-0.05, 0) is 24.6 Å². The zero-order chi connectivity index (χ0) is 20.5. The Bertz CT molecular complexity index is 966. The first-order chi connectivity index (χ1) is 14.2. The number of nitrogens with zero attached hydrogens (tertiary/aromatic N) is 2. The Morgan fingerprint density at radius 2 is 1.97 bits per heavy atom. The van der Waals surface area contributed by atoms with Gasteiger partial charge in [0.15, 0.2) is 11.5 Å². The number of oxime groups is 1. The Labute approximate surface area is 168 Å². The van der Waals surface area contributed by atoms with E-state index in [2.05, 4.69) is 17.2 Å². The van der Waals surface area contributed by atoms with Crippen molar-refractivity contribution in [1.82, 2.24) is 5.16 Å². The molecule has 1 heterocycles. The van der Waals surface area contributed by atoms with Crippen LogP contribution in [0.15, 0.2) is 70.3 Å². The zero-order valence-electron chi connectivity index (χ0n) is 16.1. The molecule has 0 atom stereocenters. The van der Waals surface area contributed by atoms with Gasteiger partial charge in [-0.15, -0.1) is 0 Å². The maximum Gasteiger partial charge on any atom is 0.335 e. The molecule has 0 radical (unpaired) electrons. The van der Waals surface area contributed by atoms with Crippen LogP contribution in [0, 0.1) is 0 Å². The number of ether oxygens (including phenoxy) is 1. The number of hydrogen-bond acceptors (Lipinski definition) is 6. The summed E-state index contributed by atoms with van der Waals surface area (Å²) in [4.78, 5) is 16.5. The van der Waals surface area contributed by atoms with Crippen molar-refractivity contribution in [1.29, 1.82) is 0 Å². The summed E-state index contributed by atoms with van der Waals surface area (Å²) in [6, 6.07) is 17.7. The quantitative estimate of drug-likeness (QED) is 0.306. The molecule has 7 heteroatoms. The molecule has 2 aromatic carbocycles. The molecule has 150 valence electrons. The summed E-state index contributed by atoms with van der Waals surface area (Å²) in [7, 11) is 0. The third kappa shape index (κ3) is 5.68. The summed E-state index contributed by atoms with van der Waals surface area (Å²) in [5, 5.41) is 17.4. The maximum absolute atomic E-state index is 11.1.